The van der Waals surface area contributed by atoms with Crippen molar-refractivity contribution in [3.8, 4) is 11.3 Å². The maximum Gasteiger partial charge on any atom is 0.257 e. The summed E-state index contributed by atoms with van der Waals surface area (Å²) in [6.07, 6.45) is 2.71. The number of pyridine rings is 1. The standard InChI is InChI=1S/C26H23F2N3O3S/c1-16-5-4-6-20(29-16)14-31-15-23(17(2)25(31)22-12-7-18(27)13-24(22)28)26(32)30-19-8-10-21(11-9-19)35(3,33)34/h4-13,15H,14H2,1-3H3,(H,30,32). The van der Waals surface area contributed by atoms with Gasteiger partial charge in [0.25, 0.3) is 5.91 Å². The average molecular weight is 496 g/mol. The van der Waals surface area contributed by atoms with Gasteiger partial charge >= 0.3 is 0 Å². The summed E-state index contributed by atoms with van der Waals surface area (Å²) in [5, 5.41) is 2.75. The molecule has 0 bridgehead atoms. The Hall–Kier alpha value is -3.85. The summed E-state index contributed by atoms with van der Waals surface area (Å²) in [4.78, 5) is 17.8. The first-order valence-corrected chi connectivity index (χ1v) is 12.6. The molecule has 4 rings (SSSR count). The van der Waals surface area contributed by atoms with E-state index >= 15 is 0 Å². The first kappa shape index (κ1) is 24.3. The lowest BCUT2D eigenvalue weighted by Gasteiger charge is -2.12. The number of carbonyl (C=O) groups is 1. The number of nitrogens with zero attached hydrogens (tertiary/aromatic N) is 2. The minimum Gasteiger partial charge on any atom is -0.340 e. The molecule has 6 nitrogen and oxygen atoms in total. The highest BCUT2D eigenvalue weighted by Gasteiger charge is 2.22. The molecule has 9 heteroatoms. The van der Waals surface area contributed by atoms with Crippen molar-refractivity contribution in [1.82, 2.24) is 9.55 Å². The lowest BCUT2D eigenvalue weighted by atomic mass is 10.0. The minimum atomic E-state index is -3.36. The normalized spacial score (nSPS) is 11.5. The zero-order chi connectivity index (χ0) is 25.3. The highest BCUT2D eigenvalue weighted by atomic mass is 32.2. The lowest BCUT2D eigenvalue weighted by molar-refractivity contribution is 0.102. The van der Waals surface area contributed by atoms with Gasteiger partial charge in [0.2, 0.25) is 0 Å². The van der Waals surface area contributed by atoms with Crippen LogP contribution in [0.25, 0.3) is 11.3 Å². The fourth-order valence-corrected chi connectivity index (χ4v) is 4.53. The topological polar surface area (TPSA) is 81.1 Å². The quantitative estimate of drug-likeness (QED) is 0.401. The van der Waals surface area contributed by atoms with E-state index < -0.39 is 27.4 Å². The van der Waals surface area contributed by atoms with Gasteiger partial charge in [0.05, 0.1) is 28.4 Å². The number of aryl methyl sites for hydroxylation is 1. The molecule has 2 aromatic carbocycles. The number of nitrogens with one attached hydrogen (secondary N) is 1. The van der Waals surface area contributed by atoms with Crippen LogP contribution in [0.5, 0.6) is 0 Å². The van der Waals surface area contributed by atoms with Crippen molar-refractivity contribution in [2.24, 2.45) is 0 Å². The molecule has 0 saturated carbocycles. The van der Waals surface area contributed by atoms with E-state index in [1.165, 1.54) is 36.4 Å². The molecule has 1 amide bonds. The van der Waals surface area contributed by atoms with E-state index in [4.69, 9.17) is 0 Å². The second-order valence-corrected chi connectivity index (χ2v) is 10.3. The van der Waals surface area contributed by atoms with Gasteiger partial charge in [0, 0.05) is 35.5 Å². The van der Waals surface area contributed by atoms with Crippen molar-refractivity contribution >= 4 is 21.4 Å². The number of rotatable bonds is 6. The zero-order valence-electron chi connectivity index (χ0n) is 19.3. The molecule has 0 aliphatic carbocycles. The van der Waals surface area contributed by atoms with E-state index in [1.807, 2.05) is 25.1 Å². The Morgan fingerprint density at radius 3 is 2.37 bits per heavy atom. The van der Waals surface area contributed by atoms with Crippen LogP contribution >= 0.6 is 0 Å². The van der Waals surface area contributed by atoms with Crippen LogP contribution in [0.4, 0.5) is 14.5 Å². The van der Waals surface area contributed by atoms with Gasteiger partial charge < -0.3 is 9.88 Å². The van der Waals surface area contributed by atoms with Crippen molar-refractivity contribution in [1.29, 1.82) is 0 Å². The van der Waals surface area contributed by atoms with Crippen molar-refractivity contribution in [2.45, 2.75) is 25.3 Å². The first-order chi connectivity index (χ1) is 16.5. The molecule has 2 aromatic heterocycles. The summed E-state index contributed by atoms with van der Waals surface area (Å²) in [6.45, 7) is 3.82. The number of sulfone groups is 1. The molecule has 0 saturated heterocycles. The predicted octanol–water partition coefficient (Wildman–Crippen LogP) is 5.15. The Kier molecular flexibility index (Phi) is 6.53. The number of halogens is 2. The van der Waals surface area contributed by atoms with Gasteiger partial charge in [-0.05, 0) is 67.9 Å². The molecule has 2 heterocycles. The maximum absolute atomic E-state index is 14.8. The summed E-state index contributed by atoms with van der Waals surface area (Å²) in [5.41, 5.74) is 3.33. The van der Waals surface area contributed by atoms with Crippen LogP contribution in [0.3, 0.4) is 0 Å². The predicted molar refractivity (Wildman–Crippen MR) is 130 cm³/mol. The lowest BCUT2D eigenvalue weighted by Crippen LogP contribution is -2.12. The molecular formula is C26H23F2N3O3S. The average Bonchev–Trinajstić information content (AvgIpc) is 3.09. The van der Waals surface area contributed by atoms with Crippen LogP contribution in [0.2, 0.25) is 0 Å². The smallest absolute Gasteiger partial charge is 0.257 e. The maximum atomic E-state index is 14.8. The van der Waals surface area contributed by atoms with E-state index in [9.17, 15) is 22.0 Å². The molecular weight excluding hydrogens is 472 g/mol. The molecule has 0 atom stereocenters. The fraction of sp³-hybridized carbons (Fsp3) is 0.154. The Morgan fingerprint density at radius 2 is 1.74 bits per heavy atom. The van der Waals surface area contributed by atoms with Crippen LogP contribution < -0.4 is 5.32 Å². The largest absolute Gasteiger partial charge is 0.340 e. The van der Waals surface area contributed by atoms with Crippen LogP contribution in [-0.2, 0) is 16.4 Å². The summed E-state index contributed by atoms with van der Waals surface area (Å²) in [6, 6.07) is 14.7. The third-order valence-corrected chi connectivity index (χ3v) is 6.71. The van der Waals surface area contributed by atoms with Gasteiger partial charge in [-0.2, -0.15) is 0 Å². The third-order valence-electron chi connectivity index (χ3n) is 5.58. The van der Waals surface area contributed by atoms with Crippen molar-refractivity contribution < 1.29 is 22.0 Å². The number of amides is 1. The van der Waals surface area contributed by atoms with Crippen LogP contribution in [0.1, 0.15) is 27.3 Å². The van der Waals surface area contributed by atoms with Crippen LogP contribution in [-0.4, -0.2) is 30.1 Å². The van der Waals surface area contributed by atoms with Crippen molar-refractivity contribution in [3.05, 3.63) is 101 Å². The fourth-order valence-electron chi connectivity index (χ4n) is 3.90. The summed E-state index contributed by atoms with van der Waals surface area (Å²) < 4.78 is 53.4. The number of hydrogen-bond acceptors (Lipinski definition) is 4. The molecule has 180 valence electrons. The van der Waals surface area contributed by atoms with E-state index in [0.717, 1.165) is 18.0 Å². The van der Waals surface area contributed by atoms with Gasteiger partial charge in [-0.1, -0.05) is 6.07 Å². The van der Waals surface area contributed by atoms with Gasteiger partial charge in [0.1, 0.15) is 11.6 Å². The number of anilines is 1. The number of benzene rings is 2. The second-order valence-electron chi connectivity index (χ2n) is 8.29. The highest BCUT2D eigenvalue weighted by molar-refractivity contribution is 7.90. The molecule has 35 heavy (non-hydrogen) atoms. The molecule has 0 aliphatic heterocycles. The summed E-state index contributed by atoms with van der Waals surface area (Å²) >= 11 is 0. The van der Waals surface area contributed by atoms with Gasteiger partial charge in [-0.15, -0.1) is 0 Å². The number of carbonyl (C=O) groups excluding carboxylic acids is 1. The molecule has 1 N–H and O–H groups in total. The number of hydrogen-bond donors (Lipinski definition) is 1. The Labute approximate surface area is 202 Å². The van der Waals surface area contributed by atoms with Crippen LogP contribution in [0.15, 0.2) is 71.8 Å². The van der Waals surface area contributed by atoms with Crippen molar-refractivity contribution in [2.75, 3.05) is 11.6 Å². The molecule has 0 unspecified atom stereocenters. The SMILES string of the molecule is Cc1cccc(Cn2cc(C(=O)Nc3ccc(S(C)(=O)=O)cc3)c(C)c2-c2ccc(F)cc2F)n1. The first-order valence-electron chi connectivity index (χ1n) is 10.7. The van der Waals surface area contributed by atoms with E-state index in [-0.39, 0.29) is 17.0 Å². The Morgan fingerprint density at radius 1 is 1.03 bits per heavy atom. The van der Waals surface area contributed by atoms with E-state index in [0.29, 0.717) is 28.2 Å². The van der Waals surface area contributed by atoms with E-state index in [1.54, 1.807) is 17.7 Å². The number of aromatic nitrogens is 2. The molecule has 0 spiro atoms. The molecule has 0 radical (unpaired) electrons. The van der Waals surface area contributed by atoms with E-state index in [2.05, 4.69) is 10.3 Å². The van der Waals surface area contributed by atoms with Gasteiger partial charge in [-0.3, -0.25) is 9.78 Å². The highest BCUT2D eigenvalue weighted by Crippen LogP contribution is 2.31. The summed E-state index contributed by atoms with van der Waals surface area (Å²) in [5.74, 6) is -1.89. The Bertz CT molecular complexity index is 1530. The van der Waals surface area contributed by atoms with Gasteiger partial charge in [0.15, 0.2) is 9.84 Å². The monoisotopic (exact) mass is 495 g/mol. The molecule has 0 aliphatic rings. The molecule has 4 aromatic rings. The second kappa shape index (κ2) is 9.42. The van der Waals surface area contributed by atoms with Gasteiger partial charge in [-0.25, -0.2) is 17.2 Å². The molecule has 0 fully saturated rings. The Balaban J connectivity index is 1.74. The minimum absolute atomic E-state index is 0.137. The zero-order valence-corrected chi connectivity index (χ0v) is 20.2. The van der Waals surface area contributed by atoms with Crippen molar-refractivity contribution in [3.63, 3.8) is 0 Å². The van der Waals surface area contributed by atoms with Crippen LogP contribution in [0, 0.1) is 25.5 Å². The third kappa shape index (κ3) is 5.30. The summed E-state index contributed by atoms with van der Waals surface area (Å²) in [7, 11) is -3.36.